The molecule has 0 bridgehead atoms. The summed E-state index contributed by atoms with van der Waals surface area (Å²) in [5, 5.41) is 13.3. The van der Waals surface area contributed by atoms with Gasteiger partial charge < -0.3 is 5.11 Å². The van der Waals surface area contributed by atoms with Crippen LogP contribution in [0.2, 0.25) is 0 Å². The van der Waals surface area contributed by atoms with E-state index in [1.807, 2.05) is 71.9 Å². The zero-order valence-electron chi connectivity index (χ0n) is 58.9. The predicted molar refractivity (Wildman–Crippen MR) is 281 cm³/mol. The third kappa shape index (κ3) is 9.00. The number of phenolic OH excluding ortho intramolecular Hbond substituents is 1. The number of benzene rings is 6. The number of imidazole rings is 1. The highest BCUT2D eigenvalue weighted by molar-refractivity contribution is 5.98. The zero-order chi connectivity index (χ0) is 64.5. The molecule has 4 heteroatoms. The van der Waals surface area contributed by atoms with E-state index in [0.29, 0.717) is 39.1 Å². The maximum atomic E-state index is 13.3. The first-order valence-electron chi connectivity index (χ1n) is 32.0. The fourth-order valence-electron chi connectivity index (χ4n) is 8.41. The molecule has 0 radical (unpaired) electrons. The van der Waals surface area contributed by atoms with E-state index in [0.717, 1.165) is 22.3 Å². The maximum absolute atomic E-state index is 13.3. The number of para-hydroxylation sites is 2. The van der Waals surface area contributed by atoms with E-state index in [-0.39, 0.29) is 22.1 Å². The van der Waals surface area contributed by atoms with Gasteiger partial charge in [-0.05, 0) is 108 Å². The summed E-state index contributed by atoms with van der Waals surface area (Å²) in [5.74, 6) is -2.33. The van der Waals surface area contributed by atoms with E-state index in [1.165, 1.54) is 4.57 Å². The van der Waals surface area contributed by atoms with Gasteiger partial charge in [-0.3, -0.25) is 9.55 Å². The van der Waals surface area contributed by atoms with Crippen LogP contribution in [0, 0.1) is 0 Å². The summed E-state index contributed by atoms with van der Waals surface area (Å²) in [6.07, 6.45) is 1.71. The summed E-state index contributed by atoms with van der Waals surface area (Å²) in [7, 11) is 0. The molecule has 0 saturated carbocycles. The summed E-state index contributed by atoms with van der Waals surface area (Å²) >= 11 is 0. The number of pyridine rings is 1. The van der Waals surface area contributed by atoms with Gasteiger partial charge in [-0.1, -0.05) is 200 Å². The van der Waals surface area contributed by atoms with Gasteiger partial charge in [0.1, 0.15) is 11.6 Å². The number of hydrogen-bond donors (Lipinski definition) is 1. The molecule has 66 heavy (non-hydrogen) atoms. The van der Waals surface area contributed by atoms with Crippen molar-refractivity contribution in [1.82, 2.24) is 14.5 Å². The Morgan fingerprint density at radius 3 is 1.79 bits per heavy atom. The highest BCUT2D eigenvalue weighted by Crippen LogP contribution is 2.47. The lowest BCUT2D eigenvalue weighted by Crippen LogP contribution is -2.18. The second kappa shape index (κ2) is 16.6. The first kappa shape index (κ1) is 27.4. The fraction of sp³-hybridized carbons (Fsp3) is 0.323. The van der Waals surface area contributed by atoms with Gasteiger partial charge in [0.2, 0.25) is 0 Å². The molecule has 2 aromatic heterocycles. The van der Waals surface area contributed by atoms with Crippen LogP contribution in [0.3, 0.4) is 0 Å². The Morgan fingerprint density at radius 1 is 0.485 bits per heavy atom. The van der Waals surface area contributed by atoms with Crippen LogP contribution in [-0.4, -0.2) is 19.6 Å². The summed E-state index contributed by atoms with van der Waals surface area (Å²) in [4.78, 5) is 10.0. The molecule has 0 unspecified atom stereocenters. The molecule has 0 aliphatic heterocycles. The Balaban J connectivity index is 1.66. The second-order valence-electron chi connectivity index (χ2n) is 20.3. The highest BCUT2D eigenvalue weighted by Gasteiger charge is 2.31. The predicted octanol–water partition coefficient (Wildman–Crippen LogP) is 16.9. The molecular formula is C62H69N3O. The summed E-state index contributed by atoms with van der Waals surface area (Å²) in [6.45, 7) is -7.75. The van der Waals surface area contributed by atoms with Gasteiger partial charge in [0.25, 0.3) is 0 Å². The van der Waals surface area contributed by atoms with Crippen LogP contribution < -0.4 is 0 Å². The monoisotopic (exact) mass is 892 g/mol. The number of nitrogens with zero attached hydrogens (tertiary/aromatic N) is 3. The molecule has 2 heterocycles. The van der Waals surface area contributed by atoms with Crippen molar-refractivity contribution >= 4 is 11.0 Å². The molecule has 0 fully saturated rings. The number of rotatable bonds is 6. The zero-order valence-corrected chi connectivity index (χ0v) is 38.9. The van der Waals surface area contributed by atoms with Crippen molar-refractivity contribution < 1.29 is 32.5 Å². The molecule has 0 aliphatic rings. The smallest absolute Gasteiger partial charge is 0.149 e. The van der Waals surface area contributed by atoms with E-state index >= 15 is 0 Å². The molecule has 1 N–H and O–H groups in total. The van der Waals surface area contributed by atoms with Crippen LogP contribution in [0.15, 0.2) is 140 Å². The quantitative estimate of drug-likeness (QED) is 0.181. The van der Waals surface area contributed by atoms with Crippen LogP contribution in [0.5, 0.6) is 5.75 Å². The minimum absolute atomic E-state index is 0.0715. The van der Waals surface area contributed by atoms with Crippen molar-refractivity contribution in [3.63, 3.8) is 0 Å². The van der Waals surface area contributed by atoms with Crippen molar-refractivity contribution in [1.29, 1.82) is 0 Å². The van der Waals surface area contributed by atoms with Crippen molar-refractivity contribution in [3.8, 4) is 67.5 Å². The summed E-state index contributed by atoms with van der Waals surface area (Å²) in [6, 6.07) is 33.9. The lowest BCUT2D eigenvalue weighted by molar-refractivity contribution is 0.446. The average molecular weight is 892 g/mol. The normalized spacial score (nSPS) is 18.4. The van der Waals surface area contributed by atoms with Crippen LogP contribution >= 0.6 is 0 Å². The Kier molecular flexibility index (Phi) is 6.87. The standard InChI is InChI=1S/C62H69N3O/c1-58(2,3)44-29-27-39(28-30-44)41-31-32-63-52(36-41)43-33-42(34-45(35-43)59(4,5)6)47-23-20-26-53-54(47)64-57(49-37-46(60(7,8)9)38-51(56(49)66)62(13,14)15)65(53)55-48(40-21-17-16-18-22-40)24-19-25-50(55)61(10,11)12/h16-38,66H,1-15H3/i7D3,8D3,9D3,13D3,14D3,15D3,37D,38D. The lowest BCUT2D eigenvalue weighted by Gasteiger charge is -2.29. The van der Waals surface area contributed by atoms with Gasteiger partial charge in [0.15, 0.2) is 0 Å². The van der Waals surface area contributed by atoms with E-state index < -0.39 is 103 Å². The SMILES string of the molecule is [2H]c1c(-c2nc3c(-c4cc(-c5cc(-c6ccc(C(C)(C)C)cc6)ccn5)cc(C(C)(C)C)c4)cccc3n2-c2c(-c3ccccc3)cccc2C(C)(C)C)c(O)c(C(C([2H])([2H])[2H])(C([2H])([2H])[2H])C([2H])([2H])[2H])c([2H])c1C(C([2H])([2H])[2H])(C([2H])([2H])[2H])C([2H])([2H])[2H]. The molecule has 0 amide bonds. The molecule has 338 valence electrons. The molecule has 0 spiro atoms. The van der Waals surface area contributed by atoms with E-state index in [9.17, 15) is 7.85 Å². The van der Waals surface area contributed by atoms with Crippen LogP contribution in [0.1, 0.15) is 159 Å². The molecule has 0 saturated heterocycles. The minimum atomic E-state index is -4.43. The van der Waals surface area contributed by atoms with Gasteiger partial charge in [-0.2, -0.15) is 0 Å². The van der Waals surface area contributed by atoms with Crippen molar-refractivity contribution in [2.75, 3.05) is 0 Å². The van der Waals surface area contributed by atoms with Crippen molar-refractivity contribution in [3.05, 3.63) is 167 Å². The number of aromatic nitrogens is 3. The third-order valence-electron chi connectivity index (χ3n) is 12.0. The molecule has 0 aliphatic carbocycles. The minimum Gasteiger partial charge on any atom is -0.507 e. The topological polar surface area (TPSA) is 50.9 Å². The fourth-order valence-corrected chi connectivity index (χ4v) is 8.41. The number of hydrogen-bond acceptors (Lipinski definition) is 3. The van der Waals surface area contributed by atoms with Gasteiger partial charge >= 0.3 is 0 Å². The third-order valence-corrected chi connectivity index (χ3v) is 12.0. The Bertz CT molecular complexity index is 3730. The average Bonchev–Trinajstić information content (AvgIpc) is 0.787. The van der Waals surface area contributed by atoms with Crippen LogP contribution in [-0.2, 0) is 27.1 Å². The van der Waals surface area contributed by atoms with Gasteiger partial charge in [0, 0.05) is 53.1 Å². The first-order valence-corrected chi connectivity index (χ1v) is 22.0. The summed E-state index contributed by atoms with van der Waals surface area (Å²) < 4.78 is 181. The summed E-state index contributed by atoms with van der Waals surface area (Å²) in [5.41, 5.74) is -6.93. The number of fused-ring (bicyclic) bond motifs is 1. The lowest BCUT2D eigenvalue weighted by atomic mass is 9.78. The molecule has 4 nitrogen and oxygen atoms in total. The first-order chi connectivity index (χ1) is 39.2. The van der Waals surface area contributed by atoms with E-state index in [1.54, 1.807) is 72.9 Å². The molecule has 8 rings (SSSR count). The van der Waals surface area contributed by atoms with Crippen molar-refractivity contribution in [2.45, 2.75) is 130 Å². The molecule has 6 aromatic carbocycles. The van der Waals surface area contributed by atoms with Crippen LogP contribution in [0.25, 0.3) is 72.7 Å². The molecular weight excluding hydrogens is 803 g/mol. The Morgan fingerprint density at radius 2 is 1.14 bits per heavy atom. The maximum Gasteiger partial charge on any atom is 0.149 e. The largest absolute Gasteiger partial charge is 0.507 e. The van der Waals surface area contributed by atoms with E-state index in [4.69, 9.17) is 34.6 Å². The number of aromatic hydroxyl groups is 1. The van der Waals surface area contributed by atoms with E-state index in [2.05, 4.69) is 45.0 Å². The van der Waals surface area contributed by atoms with Gasteiger partial charge in [0.05, 0.1) is 30.7 Å². The van der Waals surface area contributed by atoms with Crippen molar-refractivity contribution in [2.24, 2.45) is 0 Å². The number of phenols is 1. The van der Waals surface area contributed by atoms with Gasteiger partial charge in [-0.15, -0.1) is 0 Å². The van der Waals surface area contributed by atoms with Gasteiger partial charge in [-0.25, -0.2) is 4.98 Å². The molecule has 0 atom stereocenters. The highest BCUT2D eigenvalue weighted by atomic mass is 16.3. The Hall–Kier alpha value is -6.26. The molecule has 8 aromatic rings. The van der Waals surface area contributed by atoms with Crippen LogP contribution in [0.4, 0.5) is 0 Å². The Labute approximate surface area is 423 Å². The second-order valence-corrected chi connectivity index (χ2v) is 20.3.